The van der Waals surface area contributed by atoms with E-state index in [1.807, 2.05) is 0 Å². The average molecular weight is 340 g/mol. The van der Waals surface area contributed by atoms with Crippen LogP contribution in [0, 0.1) is 0 Å². The Morgan fingerprint density at radius 3 is 0.789 bits per heavy atom. The summed E-state index contributed by atoms with van der Waals surface area (Å²) in [4.78, 5) is 1.24. The molecule has 0 N–H and O–H groups in total. The summed E-state index contributed by atoms with van der Waals surface area (Å²) in [5.41, 5.74) is 0. The molecule has 0 aliphatic carbocycles. The van der Waals surface area contributed by atoms with Crippen molar-refractivity contribution < 1.29 is 0 Å². The minimum absolute atomic E-state index is 0.109. The molecule has 19 heavy (non-hydrogen) atoms. The van der Waals surface area contributed by atoms with E-state index in [1.54, 1.807) is 0 Å². The maximum atomic E-state index is 3.28. The molecule has 0 rings (SSSR count). The van der Waals surface area contributed by atoms with Crippen LogP contribution in [-0.4, -0.2) is 14.7 Å². The molecule has 0 nitrogen and oxygen atoms in total. The van der Waals surface area contributed by atoms with Gasteiger partial charge in [-0.25, -0.2) is 0 Å². The van der Waals surface area contributed by atoms with Crippen LogP contribution in [0.3, 0.4) is 0 Å². The fraction of sp³-hybridized carbons (Fsp3) is 1.00. The van der Waals surface area contributed by atoms with E-state index < -0.39 is 0 Å². The fourth-order valence-electron chi connectivity index (χ4n) is 3.03. The quantitative estimate of drug-likeness (QED) is 0.413. The van der Waals surface area contributed by atoms with Gasteiger partial charge in [0, 0.05) is 14.7 Å². The predicted octanol–water partition coefficient (Wildman–Crippen LogP) is 6.64. The molecular formula is C15H36P4. The van der Waals surface area contributed by atoms with Crippen LogP contribution in [0.2, 0.25) is 0 Å². The highest BCUT2D eigenvalue weighted by Crippen LogP contribution is 2.78. The van der Waals surface area contributed by atoms with Crippen molar-refractivity contribution in [2.75, 3.05) is 0 Å². The summed E-state index contributed by atoms with van der Waals surface area (Å²) in [7, 11) is 9.72. The van der Waals surface area contributed by atoms with Crippen molar-refractivity contribution in [2.24, 2.45) is 0 Å². The third kappa shape index (κ3) is 4.35. The van der Waals surface area contributed by atoms with Crippen molar-refractivity contribution in [1.82, 2.24) is 0 Å². The molecule has 0 aliphatic heterocycles. The van der Waals surface area contributed by atoms with Gasteiger partial charge in [0.15, 0.2) is 0 Å². The molecule has 4 heteroatoms. The molecule has 0 heterocycles. The Morgan fingerprint density at radius 2 is 0.684 bits per heavy atom. The molecule has 3 unspecified atom stereocenters. The Balaban J connectivity index is 5.88. The van der Waals surface area contributed by atoms with E-state index in [2.05, 4.69) is 69.3 Å². The van der Waals surface area contributed by atoms with E-state index in [0.29, 0.717) is 14.7 Å². The maximum Gasteiger partial charge on any atom is 0.00601 e. The molecule has 0 amide bonds. The van der Waals surface area contributed by atoms with Gasteiger partial charge in [-0.1, -0.05) is 49.5 Å². The minimum atomic E-state index is -0.109. The summed E-state index contributed by atoms with van der Waals surface area (Å²) in [6.07, 6.45) is 7.62. The Bertz CT molecular complexity index is 210. The van der Waals surface area contributed by atoms with Crippen LogP contribution in [0.15, 0.2) is 0 Å². The fourth-order valence-corrected chi connectivity index (χ4v) is 13.6. The van der Waals surface area contributed by atoms with Gasteiger partial charge >= 0.3 is 0 Å². The Hall–Kier alpha value is 1.72. The molecule has 116 valence electrons. The third-order valence-electron chi connectivity index (χ3n) is 5.01. The summed E-state index contributed by atoms with van der Waals surface area (Å²) in [5.74, 6) is 0. The van der Waals surface area contributed by atoms with Gasteiger partial charge < -0.3 is 0 Å². The van der Waals surface area contributed by atoms with Gasteiger partial charge in [-0.2, -0.15) is 0 Å². The lowest BCUT2D eigenvalue weighted by molar-refractivity contribution is 0.620. The highest BCUT2D eigenvalue weighted by molar-refractivity contribution is 7.78. The Morgan fingerprint density at radius 1 is 0.526 bits per heavy atom. The largest absolute Gasteiger partial charge is 0.126 e. The van der Waals surface area contributed by atoms with Gasteiger partial charge in [0.05, 0.1) is 0 Å². The lowest BCUT2D eigenvalue weighted by atomic mass is 10.2. The minimum Gasteiger partial charge on any atom is -0.126 e. The summed E-state index contributed by atoms with van der Waals surface area (Å²) in [6, 6.07) is 0. The van der Waals surface area contributed by atoms with E-state index in [4.69, 9.17) is 0 Å². The molecule has 0 aromatic carbocycles. The summed E-state index contributed by atoms with van der Waals surface area (Å²) in [6.45, 7) is 14.2. The second-order valence-corrected chi connectivity index (χ2v) is 13.9. The van der Waals surface area contributed by atoms with E-state index >= 15 is 0 Å². The monoisotopic (exact) mass is 340 g/mol. The molecule has 0 saturated carbocycles. The van der Waals surface area contributed by atoms with Gasteiger partial charge in [0.1, 0.15) is 0 Å². The molecule has 0 saturated heterocycles. The zero-order chi connectivity index (χ0) is 15.3. The molecule has 0 aliphatic rings. The van der Waals surface area contributed by atoms with Crippen molar-refractivity contribution in [1.29, 1.82) is 0 Å². The Labute approximate surface area is 130 Å². The normalized spacial score (nSPS) is 14.2. The van der Waals surface area contributed by atoms with Crippen molar-refractivity contribution in [3.63, 3.8) is 0 Å². The zero-order valence-corrected chi connectivity index (χ0v) is 18.3. The predicted molar refractivity (Wildman–Crippen MR) is 106 cm³/mol. The second kappa shape index (κ2) is 8.38. The Kier molecular flexibility index (Phi) is 9.14. The van der Waals surface area contributed by atoms with Gasteiger partial charge in [-0.3, -0.25) is 0 Å². The highest BCUT2D eigenvalue weighted by atomic mass is 31.2. The molecule has 0 radical (unpaired) electrons. The van der Waals surface area contributed by atoms with Crippen molar-refractivity contribution in [2.45, 2.75) is 94.8 Å². The first kappa shape index (κ1) is 20.7. The van der Waals surface area contributed by atoms with E-state index in [9.17, 15) is 0 Å². The van der Waals surface area contributed by atoms with E-state index in [-0.39, 0.29) is 7.92 Å². The summed E-state index contributed by atoms with van der Waals surface area (Å²) < 4.78 is 0. The SMILES string of the molecule is CCC(P)(CC)P(C(P)(CC)CC)C(P)(CC)CC. The van der Waals surface area contributed by atoms with Crippen molar-refractivity contribution in [3.8, 4) is 0 Å². The number of rotatable bonds is 9. The molecule has 0 aromatic rings. The topological polar surface area (TPSA) is 0 Å². The van der Waals surface area contributed by atoms with Gasteiger partial charge in [-0.15, -0.1) is 27.7 Å². The number of hydrogen-bond acceptors (Lipinski definition) is 0. The van der Waals surface area contributed by atoms with Gasteiger partial charge in [0.2, 0.25) is 0 Å². The smallest absolute Gasteiger partial charge is 0.00601 e. The first-order valence-electron chi connectivity index (χ1n) is 7.90. The first-order chi connectivity index (χ1) is 8.73. The second-order valence-electron chi connectivity index (χ2n) is 5.77. The molecular weight excluding hydrogens is 304 g/mol. The lowest BCUT2D eigenvalue weighted by Crippen LogP contribution is -2.38. The van der Waals surface area contributed by atoms with E-state index in [1.165, 1.54) is 38.5 Å². The van der Waals surface area contributed by atoms with Crippen LogP contribution >= 0.6 is 35.6 Å². The van der Waals surface area contributed by atoms with Gasteiger partial charge in [-0.05, 0) is 38.5 Å². The maximum absolute atomic E-state index is 3.28. The molecule has 0 spiro atoms. The van der Waals surface area contributed by atoms with E-state index in [0.717, 1.165) is 0 Å². The van der Waals surface area contributed by atoms with Crippen LogP contribution < -0.4 is 0 Å². The first-order valence-corrected chi connectivity index (χ1v) is 11.0. The molecule has 0 aromatic heterocycles. The third-order valence-corrected chi connectivity index (χ3v) is 14.4. The van der Waals surface area contributed by atoms with Gasteiger partial charge in [0.25, 0.3) is 0 Å². The average Bonchev–Trinajstić information content (AvgIpc) is 2.46. The van der Waals surface area contributed by atoms with Crippen LogP contribution in [0.5, 0.6) is 0 Å². The molecule has 0 bridgehead atoms. The van der Waals surface area contributed by atoms with Crippen LogP contribution in [0.1, 0.15) is 80.1 Å². The summed E-state index contributed by atoms with van der Waals surface area (Å²) in [5, 5.41) is 0. The molecule has 3 atom stereocenters. The van der Waals surface area contributed by atoms with Crippen molar-refractivity contribution in [3.05, 3.63) is 0 Å². The zero-order valence-electron chi connectivity index (χ0n) is 13.9. The van der Waals surface area contributed by atoms with Crippen molar-refractivity contribution >= 4 is 35.6 Å². The highest BCUT2D eigenvalue weighted by Gasteiger charge is 2.50. The van der Waals surface area contributed by atoms with Crippen LogP contribution in [0.4, 0.5) is 0 Å². The molecule has 0 fully saturated rings. The van der Waals surface area contributed by atoms with Crippen LogP contribution in [-0.2, 0) is 0 Å². The standard InChI is InChI=1S/C15H36P4/c1-7-13(16,8-2)19(14(17,9-3)10-4)15(18,11-5)12-6/h7-12,16-18H2,1-6H3. The lowest BCUT2D eigenvalue weighted by Gasteiger charge is -2.56. The van der Waals surface area contributed by atoms with Crippen LogP contribution in [0.25, 0.3) is 0 Å². The summed E-state index contributed by atoms with van der Waals surface area (Å²) >= 11 is 0. The number of hydrogen-bond donors (Lipinski definition) is 0.